The van der Waals surface area contributed by atoms with E-state index in [2.05, 4.69) is 14.6 Å². The molecule has 3 aromatic rings. The Morgan fingerprint density at radius 1 is 1.23 bits per heavy atom. The molecule has 2 atom stereocenters. The van der Waals surface area contributed by atoms with E-state index in [1.807, 2.05) is 17.9 Å². The van der Waals surface area contributed by atoms with Crippen LogP contribution in [0.2, 0.25) is 0 Å². The van der Waals surface area contributed by atoms with Crippen molar-refractivity contribution >= 4 is 17.4 Å². The molecule has 0 aliphatic carbocycles. The zero-order valence-electron chi connectivity index (χ0n) is 17.1. The van der Waals surface area contributed by atoms with Crippen molar-refractivity contribution in [3.63, 3.8) is 0 Å². The number of aliphatic hydroxyl groups is 1. The number of piperidine rings is 1. The molecule has 1 aliphatic heterocycles. The summed E-state index contributed by atoms with van der Waals surface area (Å²) < 4.78 is 18.4. The molecule has 0 saturated carbocycles. The van der Waals surface area contributed by atoms with Gasteiger partial charge in [0, 0.05) is 24.6 Å². The molecule has 158 valence electrons. The Balaban J connectivity index is 1.62. The van der Waals surface area contributed by atoms with Crippen molar-refractivity contribution in [2.75, 3.05) is 6.54 Å². The van der Waals surface area contributed by atoms with Gasteiger partial charge in [-0.05, 0) is 63.3 Å². The molecule has 1 amide bonds. The third-order valence-electron chi connectivity index (χ3n) is 5.52. The van der Waals surface area contributed by atoms with Crippen LogP contribution in [0.5, 0.6) is 0 Å². The van der Waals surface area contributed by atoms with Gasteiger partial charge in [0.2, 0.25) is 0 Å². The molecular weight excluding hydrogens is 405 g/mol. The number of rotatable bonds is 4. The molecule has 7 nitrogen and oxygen atoms in total. The monoisotopic (exact) mass is 429 g/mol. The summed E-state index contributed by atoms with van der Waals surface area (Å²) in [6.45, 7) is 6.01. The molecule has 3 heterocycles. The summed E-state index contributed by atoms with van der Waals surface area (Å²) in [5.74, 6) is -0.549. The average molecular weight is 430 g/mol. The molecule has 1 saturated heterocycles. The van der Waals surface area contributed by atoms with Crippen molar-refractivity contribution < 1.29 is 14.3 Å². The van der Waals surface area contributed by atoms with Crippen LogP contribution >= 0.6 is 11.5 Å². The lowest BCUT2D eigenvalue weighted by Crippen LogP contribution is -2.45. The van der Waals surface area contributed by atoms with Crippen LogP contribution < -0.4 is 0 Å². The van der Waals surface area contributed by atoms with Crippen LogP contribution in [0.1, 0.15) is 60.5 Å². The summed E-state index contributed by atoms with van der Waals surface area (Å²) in [6, 6.07) is 6.02. The summed E-state index contributed by atoms with van der Waals surface area (Å²) in [6.07, 6.45) is 4.72. The number of halogens is 1. The largest absolute Gasteiger partial charge is 0.385 e. The van der Waals surface area contributed by atoms with Gasteiger partial charge < -0.3 is 10.0 Å². The van der Waals surface area contributed by atoms with Gasteiger partial charge in [0.05, 0.1) is 34.1 Å². The molecule has 4 rings (SSSR count). The van der Waals surface area contributed by atoms with Gasteiger partial charge in [-0.1, -0.05) is 0 Å². The zero-order chi connectivity index (χ0) is 21.5. The second-order valence-electron chi connectivity index (χ2n) is 8.24. The van der Waals surface area contributed by atoms with Gasteiger partial charge in [0.25, 0.3) is 5.91 Å². The maximum Gasteiger partial charge on any atom is 0.256 e. The van der Waals surface area contributed by atoms with E-state index in [4.69, 9.17) is 0 Å². The molecule has 9 heteroatoms. The van der Waals surface area contributed by atoms with Gasteiger partial charge >= 0.3 is 0 Å². The Hall–Kier alpha value is -2.65. The third kappa shape index (κ3) is 3.99. The molecule has 1 N–H and O–H groups in total. The summed E-state index contributed by atoms with van der Waals surface area (Å²) in [4.78, 5) is 17.3. The standard InChI is InChI=1S/C21H24FN5O2S/c1-13-4-5-14(17-11-19(30-25-17)21(2,3)29)12-26(13)20(28)16-7-6-15(22)10-18(16)27-23-8-9-24-27/h6-11,13-14,29H,4-5,12H2,1-3H3/t13-,14-/m1/s1. The molecule has 0 spiro atoms. The number of amides is 1. The van der Waals surface area contributed by atoms with Crippen molar-refractivity contribution in [2.24, 2.45) is 0 Å². The predicted octanol–water partition coefficient (Wildman–Crippen LogP) is 3.50. The highest BCUT2D eigenvalue weighted by Crippen LogP contribution is 2.34. The van der Waals surface area contributed by atoms with Crippen LogP contribution in [0.4, 0.5) is 4.39 Å². The minimum atomic E-state index is -0.937. The highest BCUT2D eigenvalue weighted by atomic mass is 32.1. The van der Waals surface area contributed by atoms with E-state index in [1.165, 1.54) is 46.9 Å². The topological polar surface area (TPSA) is 84.1 Å². The van der Waals surface area contributed by atoms with Gasteiger partial charge in [-0.2, -0.15) is 19.4 Å². The quantitative estimate of drug-likeness (QED) is 0.686. The lowest BCUT2D eigenvalue weighted by atomic mass is 9.89. The van der Waals surface area contributed by atoms with Gasteiger partial charge in [0.15, 0.2) is 0 Å². The van der Waals surface area contributed by atoms with E-state index < -0.39 is 11.4 Å². The Morgan fingerprint density at radius 3 is 2.63 bits per heavy atom. The van der Waals surface area contributed by atoms with Crippen molar-refractivity contribution in [1.82, 2.24) is 24.3 Å². The highest BCUT2D eigenvalue weighted by Gasteiger charge is 2.33. The second-order valence-corrected chi connectivity index (χ2v) is 9.04. The van der Waals surface area contributed by atoms with Crippen LogP contribution in [-0.2, 0) is 5.60 Å². The average Bonchev–Trinajstić information content (AvgIpc) is 3.40. The molecule has 2 aromatic heterocycles. The van der Waals surface area contributed by atoms with Crippen molar-refractivity contribution in [3.8, 4) is 5.69 Å². The molecule has 0 unspecified atom stereocenters. The lowest BCUT2D eigenvalue weighted by Gasteiger charge is -2.37. The molecule has 1 fully saturated rings. The summed E-state index contributed by atoms with van der Waals surface area (Å²) >= 11 is 1.29. The maximum atomic E-state index is 13.9. The smallest absolute Gasteiger partial charge is 0.256 e. The predicted molar refractivity (Wildman–Crippen MR) is 111 cm³/mol. The number of hydrogen-bond donors (Lipinski definition) is 1. The third-order valence-corrected chi connectivity index (χ3v) is 6.63. The van der Waals surface area contributed by atoms with Gasteiger partial charge in [-0.3, -0.25) is 4.79 Å². The van der Waals surface area contributed by atoms with E-state index in [0.29, 0.717) is 17.8 Å². The van der Waals surface area contributed by atoms with E-state index in [1.54, 1.807) is 13.8 Å². The maximum absolute atomic E-state index is 13.9. The molecule has 30 heavy (non-hydrogen) atoms. The first-order valence-corrected chi connectivity index (χ1v) is 10.7. The second kappa shape index (κ2) is 7.88. The van der Waals surface area contributed by atoms with Crippen LogP contribution in [0.15, 0.2) is 36.7 Å². The van der Waals surface area contributed by atoms with Gasteiger partial charge in [-0.15, -0.1) is 0 Å². The van der Waals surface area contributed by atoms with Crippen molar-refractivity contribution in [1.29, 1.82) is 0 Å². The van der Waals surface area contributed by atoms with Crippen LogP contribution in [-0.4, -0.2) is 47.9 Å². The number of carbonyl (C=O) groups is 1. The molecule has 0 bridgehead atoms. The van der Waals surface area contributed by atoms with Crippen LogP contribution in [0.25, 0.3) is 5.69 Å². The molecule has 1 aromatic carbocycles. The van der Waals surface area contributed by atoms with Crippen molar-refractivity contribution in [2.45, 2.75) is 51.2 Å². The number of carbonyl (C=O) groups excluding carboxylic acids is 1. The zero-order valence-corrected chi connectivity index (χ0v) is 17.9. The minimum Gasteiger partial charge on any atom is -0.385 e. The van der Waals surface area contributed by atoms with Crippen molar-refractivity contribution in [3.05, 3.63) is 58.6 Å². The number of hydrogen-bond acceptors (Lipinski definition) is 6. The fourth-order valence-electron chi connectivity index (χ4n) is 3.75. The first-order valence-electron chi connectivity index (χ1n) is 9.90. The Labute approximate surface area is 178 Å². The number of nitrogens with zero attached hydrogens (tertiary/aromatic N) is 5. The fourth-order valence-corrected chi connectivity index (χ4v) is 4.55. The lowest BCUT2D eigenvalue weighted by molar-refractivity contribution is 0.0606. The SMILES string of the molecule is C[C@@H]1CC[C@@H](c2cc(C(C)(C)O)sn2)CN1C(=O)c1ccc(F)cc1-n1nccn1. The number of aromatic nitrogens is 4. The van der Waals surface area contributed by atoms with Gasteiger partial charge in [0.1, 0.15) is 11.5 Å². The molecule has 0 radical (unpaired) electrons. The molecule has 1 aliphatic rings. The Bertz CT molecular complexity index is 1040. The summed E-state index contributed by atoms with van der Waals surface area (Å²) in [5.41, 5.74) is 0.635. The van der Waals surface area contributed by atoms with Crippen LogP contribution in [0.3, 0.4) is 0 Å². The first kappa shape index (κ1) is 20.6. The van der Waals surface area contributed by atoms with Gasteiger partial charge in [-0.25, -0.2) is 4.39 Å². The summed E-state index contributed by atoms with van der Waals surface area (Å²) in [5, 5.41) is 18.4. The highest BCUT2D eigenvalue weighted by molar-refractivity contribution is 7.06. The van der Waals surface area contributed by atoms with Crippen LogP contribution in [0, 0.1) is 5.82 Å². The van der Waals surface area contributed by atoms with E-state index in [9.17, 15) is 14.3 Å². The van der Waals surface area contributed by atoms with E-state index in [-0.39, 0.29) is 17.9 Å². The fraction of sp³-hybridized carbons (Fsp3) is 0.429. The normalized spacial score (nSPS) is 19.8. The summed E-state index contributed by atoms with van der Waals surface area (Å²) in [7, 11) is 0. The Kier molecular flexibility index (Phi) is 5.42. The Morgan fingerprint density at radius 2 is 1.97 bits per heavy atom. The first-order chi connectivity index (χ1) is 14.2. The van der Waals surface area contributed by atoms with E-state index in [0.717, 1.165) is 23.4 Å². The number of likely N-dealkylation sites (tertiary alicyclic amines) is 1. The van der Waals surface area contributed by atoms with E-state index >= 15 is 0 Å². The minimum absolute atomic E-state index is 0.0459. The molecular formula is C21H24FN5O2S. The number of benzene rings is 1.